The van der Waals surface area contributed by atoms with Crippen molar-refractivity contribution in [3.63, 3.8) is 0 Å². The van der Waals surface area contributed by atoms with Crippen LogP contribution in [0.15, 0.2) is 0 Å². The monoisotopic (exact) mass is 229 g/mol. The van der Waals surface area contributed by atoms with Gasteiger partial charge in [0.15, 0.2) is 0 Å². The average Bonchev–Trinajstić information content (AvgIpc) is 3.07. The molecule has 0 heterocycles. The molecule has 0 aromatic carbocycles. The highest BCUT2D eigenvalue weighted by molar-refractivity contribution is 5.85. The van der Waals surface area contributed by atoms with Crippen molar-refractivity contribution in [3.8, 4) is 0 Å². The summed E-state index contributed by atoms with van der Waals surface area (Å²) in [7, 11) is 3.70. The zero-order valence-corrected chi connectivity index (χ0v) is 10.3. The summed E-state index contributed by atoms with van der Waals surface area (Å²) in [6.07, 6.45) is 1.88. The van der Waals surface area contributed by atoms with Crippen LogP contribution in [0.2, 0.25) is 0 Å². The molecule has 1 aliphatic carbocycles. The molecule has 1 saturated carbocycles. The van der Waals surface area contributed by atoms with Crippen molar-refractivity contribution in [1.82, 2.24) is 10.2 Å². The minimum Gasteiger partial charge on any atom is -0.383 e. The molecule has 94 valence electrons. The van der Waals surface area contributed by atoms with E-state index in [0.717, 1.165) is 32.5 Å². The molecule has 5 nitrogen and oxygen atoms in total. The van der Waals surface area contributed by atoms with E-state index in [-0.39, 0.29) is 11.3 Å². The number of methoxy groups -OCH3 is 1. The highest BCUT2D eigenvalue weighted by Crippen LogP contribution is 2.44. The Labute approximate surface area is 97.3 Å². The Morgan fingerprint density at radius 2 is 2.19 bits per heavy atom. The van der Waals surface area contributed by atoms with Crippen molar-refractivity contribution >= 4 is 5.91 Å². The Bertz CT molecular complexity index is 229. The molecular formula is C11H23N3O2. The summed E-state index contributed by atoms with van der Waals surface area (Å²) in [6.45, 7) is 3.60. The zero-order valence-electron chi connectivity index (χ0n) is 10.3. The summed E-state index contributed by atoms with van der Waals surface area (Å²) in [5.74, 6) is 0.121. The van der Waals surface area contributed by atoms with Crippen molar-refractivity contribution in [2.45, 2.75) is 12.8 Å². The Balaban J connectivity index is 2.09. The van der Waals surface area contributed by atoms with Crippen molar-refractivity contribution < 1.29 is 9.53 Å². The first-order chi connectivity index (χ1) is 7.64. The van der Waals surface area contributed by atoms with Crippen LogP contribution in [-0.4, -0.2) is 57.8 Å². The number of hydrogen-bond acceptors (Lipinski definition) is 4. The quantitative estimate of drug-likeness (QED) is 0.584. The number of hydrogen-bond donors (Lipinski definition) is 2. The van der Waals surface area contributed by atoms with E-state index in [1.807, 2.05) is 7.05 Å². The number of likely N-dealkylation sites (N-methyl/N-ethyl adjacent to an activating group) is 1. The third kappa shape index (κ3) is 3.73. The first-order valence-corrected chi connectivity index (χ1v) is 5.80. The highest BCUT2D eigenvalue weighted by Gasteiger charge is 2.48. The molecule has 3 N–H and O–H groups in total. The summed E-state index contributed by atoms with van der Waals surface area (Å²) >= 11 is 0. The predicted octanol–water partition coefficient (Wildman–Crippen LogP) is -0.580. The molecule has 1 amide bonds. The van der Waals surface area contributed by atoms with Crippen molar-refractivity contribution in [2.75, 3.05) is 46.9 Å². The topological polar surface area (TPSA) is 67.6 Å². The van der Waals surface area contributed by atoms with Gasteiger partial charge in [0.2, 0.25) is 5.91 Å². The predicted molar refractivity (Wildman–Crippen MR) is 63.1 cm³/mol. The van der Waals surface area contributed by atoms with Crippen LogP contribution in [-0.2, 0) is 9.53 Å². The van der Waals surface area contributed by atoms with Crippen LogP contribution in [0, 0.1) is 5.41 Å². The average molecular weight is 229 g/mol. The minimum absolute atomic E-state index is 0.121. The fraction of sp³-hybridized carbons (Fsp3) is 0.909. The van der Waals surface area contributed by atoms with Crippen LogP contribution in [0.25, 0.3) is 0 Å². The molecule has 0 radical (unpaired) electrons. The van der Waals surface area contributed by atoms with Crippen molar-refractivity contribution in [1.29, 1.82) is 0 Å². The molecule has 0 aromatic rings. The molecule has 1 fully saturated rings. The Morgan fingerprint density at radius 3 is 2.69 bits per heavy atom. The van der Waals surface area contributed by atoms with Gasteiger partial charge in [0.25, 0.3) is 0 Å². The second-order valence-corrected chi connectivity index (χ2v) is 4.54. The van der Waals surface area contributed by atoms with Crippen LogP contribution >= 0.6 is 0 Å². The number of ether oxygens (including phenoxy) is 1. The van der Waals surface area contributed by atoms with Gasteiger partial charge in [0, 0.05) is 33.3 Å². The lowest BCUT2D eigenvalue weighted by Gasteiger charge is -2.18. The van der Waals surface area contributed by atoms with E-state index in [9.17, 15) is 4.79 Å². The summed E-state index contributed by atoms with van der Waals surface area (Å²) in [6, 6.07) is 0. The van der Waals surface area contributed by atoms with Crippen molar-refractivity contribution in [3.05, 3.63) is 0 Å². The highest BCUT2D eigenvalue weighted by atomic mass is 16.5. The van der Waals surface area contributed by atoms with E-state index in [0.29, 0.717) is 13.1 Å². The van der Waals surface area contributed by atoms with Gasteiger partial charge in [-0.1, -0.05) is 0 Å². The largest absolute Gasteiger partial charge is 0.383 e. The summed E-state index contributed by atoms with van der Waals surface area (Å²) in [5, 5.41) is 2.94. The molecule has 0 aromatic heterocycles. The molecule has 0 atom stereocenters. The summed E-state index contributed by atoms with van der Waals surface area (Å²) in [4.78, 5) is 13.9. The maximum atomic E-state index is 11.7. The Morgan fingerprint density at radius 1 is 1.50 bits per heavy atom. The fourth-order valence-corrected chi connectivity index (χ4v) is 1.58. The van der Waals surface area contributed by atoms with Gasteiger partial charge in [-0.3, -0.25) is 4.79 Å². The molecule has 0 bridgehead atoms. The minimum atomic E-state index is -0.231. The first-order valence-electron chi connectivity index (χ1n) is 5.80. The van der Waals surface area contributed by atoms with Gasteiger partial charge in [-0.25, -0.2) is 0 Å². The fourth-order valence-electron chi connectivity index (χ4n) is 1.58. The number of amides is 1. The maximum absolute atomic E-state index is 11.7. The number of nitrogens with zero attached hydrogens (tertiary/aromatic N) is 1. The molecule has 16 heavy (non-hydrogen) atoms. The molecule has 0 saturated heterocycles. The van der Waals surface area contributed by atoms with Gasteiger partial charge in [-0.15, -0.1) is 0 Å². The van der Waals surface area contributed by atoms with Crippen LogP contribution in [0.1, 0.15) is 12.8 Å². The van der Waals surface area contributed by atoms with Crippen LogP contribution < -0.4 is 11.1 Å². The third-order valence-electron chi connectivity index (χ3n) is 3.18. The van der Waals surface area contributed by atoms with Gasteiger partial charge in [-0.05, 0) is 19.9 Å². The van der Waals surface area contributed by atoms with E-state index < -0.39 is 0 Å². The second-order valence-electron chi connectivity index (χ2n) is 4.54. The van der Waals surface area contributed by atoms with E-state index >= 15 is 0 Å². The van der Waals surface area contributed by atoms with Gasteiger partial charge in [-0.2, -0.15) is 0 Å². The number of rotatable bonds is 8. The molecule has 0 unspecified atom stereocenters. The van der Waals surface area contributed by atoms with E-state index in [1.54, 1.807) is 7.11 Å². The zero-order chi connectivity index (χ0) is 12.0. The number of nitrogens with two attached hydrogens (primary N) is 1. The molecule has 1 rings (SSSR count). The van der Waals surface area contributed by atoms with Gasteiger partial charge in [0.05, 0.1) is 12.0 Å². The molecule has 1 aliphatic rings. The van der Waals surface area contributed by atoms with E-state index in [1.165, 1.54) is 0 Å². The van der Waals surface area contributed by atoms with Crippen LogP contribution in [0.4, 0.5) is 0 Å². The lowest BCUT2D eigenvalue weighted by atomic mass is 10.1. The third-order valence-corrected chi connectivity index (χ3v) is 3.18. The Kier molecular flexibility index (Phi) is 5.18. The number of nitrogens with one attached hydrogen (secondary N) is 1. The van der Waals surface area contributed by atoms with Crippen LogP contribution in [0.5, 0.6) is 0 Å². The molecule has 0 aliphatic heterocycles. The van der Waals surface area contributed by atoms with Crippen molar-refractivity contribution in [2.24, 2.45) is 11.1 Å². The van der Waals surface area contributed by atoms with Gasteiger partial charge in [0.1, 0.15) is 0 Å². The summed E-state index contributed by atoms with van der Waals surface area (Å²) < 4.78 is 4.98. The normalized spacial score (nSPS) is 17.5. The lowest BCUT2D eigenvalue weighted by Crippen LogP contribution is -2.40. The first kappa shape index (κ1) is 13.4. The number of carbonyl (C=O) groups is 1. The molecule has 0 spiro atoms. The molecule has 5 heteroatoms. The standard InChI is InChI=1S/C11H23N3O2/c1-14(7-8-16-2)6-5-13-10(15)11(9-12)3-4-11/h3-9,12H2,1-2H3,(H,13,15). The SMILES string of the molecule is COCCN(C)CCNC(=O)C1(CN)CC1. The van der Waals surface area contributed by atoms with Crippen LogP contribution in [0.3, 0.4) is 0 Å². The summed E-state index contributed by atoms with van der Waals surface area (Å²) in [5.41, 5.74) is 5.35. The van der Waals surface area contributed by atoms with Gasteiger partial charge >= 0.3 is 0 Å². The Hall–Kier alpha value is -0.650. The number of carbonyl (C=O) groups excluding carboxylic acids is 1. The smallest absolute Gasteiger partial charge is 0.227 e. The second kappa shape index (κ2) is 6.18. The van der Waals surface area contributed by atoms with Gasteiger partial charge < -0.3 is 20.7 Å². The maximum Gasteiger partial charge on any atom is 0.227 e. The van der Waals surface area contributed by atoms with E-state index in [4.69, 9.17) is 10.5 Å². The lowest BCUT2D eigenvalue weighted by molar-refractivity contribution is -0.126. The van der Waals surface area contributed by atoms with E-state index in [2.05, 4.69) is 10.2 Å². The molecular weight excluding hydrogens is 206 g/mol.